The van der Waals surface area contributed by atoms with E-state index in [9.17, 15) is 18.0 Å². The Kier molecular flexibility index (Phi) is 4.56. The van der Waals surface area contributed by atoms with E-state index in [1.54, 1.807) is 7.05 Å². The Morgan fingerprint density at radius 1 is 1.21 bits per heavy atom. The van der Waals surface area contributed by atoms with E-state index in [4.69, 9.17) is 0 Å². The van der Waals surface area contributed by atoms with Crippen molar-refractivity contribution in [2.24, 2.45) is 7.05 Å². The number of carbonyl (C=O) groups is 1. The van der Waals surface area contributed by atoms with Crippen molar-refractivity contribution in [3.63, 3.8) is 0 Å². The average Bonchev–Trinajstić information content (AvgIpc) is 3.30. The summed E-state index contributed by atoms with van der Waals surface area (Å²) in [5.41, 5.74) is -0.0946. The summed E-state index contributed by atoms with van der Waals surface area (Å²) in [5.74, 6) is -0.307. The molecule has 0 aliphatic heterocycles. The number of rotatable bonds is 3. The molecule has 0 saturated heterocycles. The Balaban J connectivity index is 1.85. The largest absolute Gasteiger partial charge is 0.417 e. The van der Waals surface area contributed by atoms with Gasteiger partial charge in [0.25, 0.3) is 5.91 Å². The summed E-state index contributed by atoms with van der Waals surface area (Å²) in [5, 5.41) is 7.64. The standard InChI is InChI=1S/C20H19F3N4O/c1-27-18-15(11-24-27)14(19(28)25-12-6-2-3-7-12)10-17(26-18)13-8-4-5-9-16(13)20(21,22)23/h4-5,8-12H,2-3,6-7H2,1H3,(H,25,28). The number of hydrogen-bond donors (Lipinski definition) is 1. The normalized spacial score (nSPS) is 15.3. The molecule has 1 aliphatic carbocycles. The van der Waals surface area contributed by atoms with Crippen molar-refractivity contribution in [3.05, 3.63) is 47.7 Å². The number of benzene rings is 1. The number of halogens is 3. The van der Waals surface area contributed by atoms with Crippen LogP contribution < -0.4 is 5.32 Å². The van der Waals surface area contributed by atoms with Crippen LogP contribution in [0.2, 0.25) is 0 Å². The smallest absolute Gasteiger partial charge is 0.349 e. The number of nitrogens with zero attached hydrogens (tertiary/aromatic N) is 3. The zero-order valence-corrected chi connectivity index (χ0v) is 15.3. The zero-order chi connectivity index (χ0) is 19.9. The van der Waals surface area contributed by atoms with Gasteiger partial charge < -0.3 is 5.32 Å². The van der Waals surface area contributed by atoms with Crippen LogP contribution in [0.3, 0.4) is 0 Å². The summed E-state index contributed by atoms with van der Waals surface area (Å²) in [4.78, 5) is 17.3. The van der Waals surface area contributed by atoms with Crippen LogP contribution in [0.1, 0.15) is 41.6 Å². The van der Waals surface area contributed by atoms with E-state index in [2.05, 4.69) is 15.4 Å². The minimum atomic E-state index is -4.52. The molecule has 1 aromatic carbocycles. The lowest BCUT2D eigenvalue weighted by Gasteiger charge is -2.15. The second-order valence-corrected chi connectivity index (χ2v) is 7.06. The van der Waals surface area contributed by atoms with Gasteiger partial charge in [-0.1, -0.05) is 31.0 Å². The first-order valence-corrected chi connectivity index (χ1v) is 9.15. The highest BCUT2D eigenvalue weighted by Gasteiger charge is 2.34. The molecule has 2 heterocycles. The van der Waals surface area contributed by atoms with Crippen molar-refractivity contribution in [1.29, 1.82) is 0 Å². The molecule has 1 aliphatic rings. The molecule has 8 heteroatoms. The summed E-state index contributed by atoms with van der Waals surface area (Å²) < 4.78 is 41.9. The SMILES string of the molecule is Cn1ncc2c(C(=O)NC3CCCC3)cc(-c3ccccc3C(F)(F)F)nc21. The minimum Gasteiger partial charge on any atom is -0.349 e. The Morgan fingerprint density at radius 3 is 2.64 bits per heavy atom. The van der Waals surface area contributed by atoms with E-state index in [0.29, 0.717) is 11.0 Å². The Morgan fingerprint density at radius 2 is 1.93 bits per heavy atom. The van der Waals surface area contributed by atoms with Gasteiger partial charge in [0.15, 0.2) is 5.65 Å². The first-order chi connectivity index (χ1) is 13.3. The topological polar surface area (TPSA) is 59.8 Å². The summed E-state index contributed by atoms with van der Waals surface area (Å²) in [6.07, 6.45) is 0.951. The second-order valence-electron chi connectivity index (χ2n) is 7.06. The molecule has 0 bridgehead atoms. The maximum Gasteiger partial charge on any atom is 0.417 e. The zero-order valence-electron chi connectivity index (χ0n) is 15.3. The fourth-order valence-corrected chi connectivity index (χ4v) is 3.73. The van der Waals surface area contributed by atoms with Crippen molar-refractivity contribution in [3.8, 4) is 11.3 Å². The van der Waals surface area contributed by atoms with Crippen molar-refractivity contribution < 1.29 is 18.0 Å². The number of alkyl halides is 3. The number of carbonyl (C=O) groups excluding carboxylic acids is 1. The van der Waals surface area contributed by atoms with Gasteiger partial charge in [0, 0.05) is 18.7 Å². The molecule has 4 rings (SSSR count). The number of pyridine rings is 1. The molecule has 1 N–H and O–H groups in total. The lowest BCUT2D eigenvalue weighted by atomic mass is 10.0. The number of hydrogen-bond acceptors (Lipinski definition) is 3. The monoisotopic (exact) mass is 388 g/mol. The van der Waals surface area contributed by atoms with Gasteiger partial charge in [0.1, 0.15) is 0 Å². The summed E-state index contributed by atoms with van der Waals surface area (Å²) in [7, 11) is 1.65. The van der Waals surface area contributed by atoms with Crippen molar-refractivity contribution in [1.82, 2.24) is 20.1 Å². The van der Waals surface area contributed by atoms with Crippen LogP contribution in [-0.2, 0) is 13.2 Å². The Bertz CT molecular complexity index is 1040. The highest BCUT2D eigenvalue weighted by molar-refractivity contribution is 6.06. The number of amides is 1. The number of nitrogens with one attached hydrogen (secondary N) is 1. The molecule has 0 spiro atoms. The molecule has 3 aromatic rings. The van der Waals surface area contributed by atoms with E-state index < -0.39 is 11.7 Å². The van der Waals surface area contributed by atoms with Crippen LogP contribution >= 0.6 is 0 Å². The summed E-state index contributed by atoms with van der Waals surface area (Å²) >= 11 is 0. The molecule has 1 fully saturated rings. The number of aromatic nitrogens is 3. The predicted octanol–water partition coefficient (Wildman–Crippen LogP) is 4.33. The fourth-order valence-electron chi connectivity index (χ4n) is 3.73. The molecule has 1 amide bonds. The third kappa shape index (κ3) is 3.34. The van der Waals surface area contributed by atoms with E-state index in [0.717, 1.165) is 31.7 Å². The van der Waals surface area contributed by atoms with Gasteiger partial charge in [-0.25, -0.2) is 4.98 Å². The van der Waals surface area contributed by atoms with Crippen LogP contribution in [0.25, 0.3) is 22.3 Å². The van der Waals surface area contributed by atoms with E-state index in [1.807, 2.05) is 0 Å². The van der Waals surface area contributed by atoms with Gasteiger partial charge in [-0.05, 0) is 25.0 Å². The lowest BCUT2D eigenvalue weighted by molar-refractivity contribution is -0.137. The van der Waals surface area contributed by atoms with Crippen molar-refractivity contribution in [2.45, 2.75) is 37.9 Å². The van der Waals surface area contributed by atoms with Gasteiger partial charge in [0.2, 0.25) is 0 Å². The molecule has 28 heavy (non-hydrogen) atoms. The maximum absolute atomic E-state index is 13.5. The van der Waals surface area contributed by atoms with E-state index >= 15 is 0 Å². The Hall–Kier alpha value is -2.90. The quantitative estimate of drug-likeness (QED) is 0.727. The highest BCUT2D eigenvalue weighted by atomic mass is 19.4. The Labute approximate surface area is 159 Å². The molecule has 0 unspecified atom stereocenters. The van der Waals surface area contributed by atoms with Crippen molar-refractivity contribution >= 4 is 16.9 Å². The van der Waals surface area contributed by atoms with Gasteiger partial charge in [-0.2, -0.15) is 18.3 Å². The summed E-state index contributed by atoms with van der Waals surface area (Å²) in [6, 6.07) is 6.77. The molecular weight excluding hydrogens is 369 g/mol. The van der Waals surface area contributed by atoms with Crippen LogP contribution in [0.5, 0.6) is 0 Å². The third-order valence-electron chi connectivity index (χ3n) is 5.15. The van der Waals surface area contributed by atoms with Crippen LogP contribution in [-0.4, -0.2) is 26.7 Å². The number of fused-ring (bicyclic) bond motifs is 1. The van der Waals surface area contributed by atoms with Gasteiger partial charge in [-0.15, -0.1) is 0 Å². The molecular formula is C20H19F3N4O. The van der Waals surface area contributed by atoms with Crippen LogP contribution in [0, 0.1) is 0 Å². The molecule has 5 nitrogen and oxygen atoms in total. The number of aryl methyl sites for hydroxylation is 1. The highest BCUT2D eigenvalue weighted by Crippen LogP contribution is 2.37. The van der Waals surface area contributed by atoms with Gasteiger partial charge >= 0.3 is 6.18 Å². The molecule has 146 valence electrons. The lowest BCUT2D eigenvalue weighted by Crippen LogP contribution is -2.32. The molecule has 0 radical (unpaired) electrons. The summed E-state index contributed by atoms with van der Waals surface area (Å²) in [6.45, 7) is 0. The van der Waals surface area contributed by atoms with Gasteiger partial charge in [0.05, 0.1) is 28.4 Å². The van der Waals surface area contributed by atoms with Crippen molar-refractivity contribution in [2.75, 3.05) is 0 Å². The second kappa shape index (κ2) is 6.92. The minimum absolute atomic E-state index is 0.0620. The van der Waals surface area contributed by atoms with Crippen LogP contribution in [0.15, 0.2) is 36.5 Å². The van der Waals surface area contributed by atoms with E-state index in [1.165, 1.54) is 35.1 Å². The molecule has 1 saturated carbocycles. The maximum atomic E-state index is 13.5. The molecule has 2 aromatic heterocycles. The average molecular weight is 388 g/mol. The third-order valence-corrected chi connectivity index (χ3v) is 5.15. The van der Waals surface area contributed by atoms with E-state index in [-0.39, 0.29) is 28.8 Å². The van der Waals surface area contributed by atoms with Crippen LogP contribution in [0.4, 0.5) is 13.2 Å². The predicted molar refractivity (Wildman–Crippen MR) is 98.7 cm³/mol. The van der Waals surface area contributed by atoms with Gasteiger partial charge in [-0.3, -0.25) is 9.48 Å². The first-order valence-electron chi connectivity index (χ1n) is 9.15. The molecule has 0 atom stereocenters. The first kappa shape index (κ1) is 18.5. The fraction of sp³-hybridized carbons (Fsp3) is 0.350.